The summed E-state index contributed by atoms with van der Waals surface area (Å²) in [7, 11) is 0. The molecule has 0 aliphatic carbocycles. The zero-order chi connectivity index (χ0) is 18.6. The number of carbonyl (C=O) groups is 1. The maximum atomic E-state index is 13.4. The largest absolute Gasteiger partial charge is 0.378 e. The summed E-state index contributed by atoms with van der Waals surface area (Å²) in [4.78, 5) is 27.4. The number of morpholine rings is 1. The Labute approximate surface area is 157 Å². The number of rotatable bonds is 3. The van der Waals surface area contributed by atoms with Gasteiger partial charge in [-0.25, -0.2) is 14.4 Å². The monoisotopic (exact) mass is 371 g/mol. The average Bonchev–Trinajstić information content (AvgIpc) is 2.74. The molecule has 0 radical (unpaired) electrons. The van der Waals surface area contributed by atoms with Crippen molar-refractivity contribution in [2.75, 3.05) is 62.3 Å². The van der Waals surface area contributed by atoms with Crippen molar-refractivity contribution in [3.63, 3.8) is 0 Å². The predicted octanol–water partition coefficient (Wildman–Crippen LogP) is 1.41. The quantitative estimate of drug-likeness (QED) is 0.813. The lowest BCUT2D eigenvalue weighted by Gasteiger charge is -2.36. The Balaban J connectivity index is 1.40. The fraction of sp³-hybridized carbons (Fsp3) is 0.421. The molecule has 2 fully saturated rings. The third-order valence-corrected chi connectivity index (χ3v) is 4.94. The van der Waals surface area contributed by atoms with E-state index in [9.17, 15) is 9.18 Å². The van der Waals surface area contributed by atoms with E-state index in [0.29, 0.717) is 45.0 Å². The second-order valence-electron chi connectivity index (χ2n) is 6.62. The number of ether oxygens (including phenoxy) is 1. The first kappa shape index (κ1) is 17.7. The zero-order valence-electron chi connectivity index (χ0n) is 15.1. The molecule has 142 valence electrons. The molecule has 2 aliphatic rings. The van der Waals surface area contributed by atoms with Gasteiger partial charge in [0.05, 0.1) is 13.2 Å². The summed E-state index contributed by atoms with van der Waals surface area (Å²) in [6, 6.07) is 7.84. The number of benzene rings is 1. The van der Waals surface area contributed by atoms with Gasteiger partial charge in [-0.15, -0.1) is 0 Å². The highest BCUT2D eigenvalue weighted by Crippen LogP contribution is 2.20. The number of piperazine rings is 1. The van der Waals surface area contributed by atoms with E-state index in [1.54, 1.807) is 23.4 Å². The first-order valence-corrected chi connectivity index (χ1v) is 9.15. The molecule has 7 nitrogen and oxygen atoms in total. The van der Waals surface area contributed by atoms with Crippen molar-refractivity contribution < 1.29 is 13.9 Å². The minimum atomic E-state index is -0.392. The van der Waals surface area contributed by atoms with Gasteiger partial charge in [-0.05, 0) is 18.2 Å². The molecule has 0 spiro atoms. The van der Waals surface area contributed by atoms with Crippen molar-refractivity contribution in [1.82, 2.24) is 14.9 Å². The Kier molecular flexibility index (Phi) is 5.15. The van der Waals surface area contributed by atoms with Crippen LogP contribution in [0, 0.1) is 5.82 Å². The van der Waals surface area contributed by atoms with Crippen LogP contribution in [0.3, 0.4) is 0 Å². The molecular weight excluding hydrogens is 349 g/mol. The van der Waals surface area contributed by atoms with Gasteiger partial charge in [-0.1, -0.05) is 6.07 Å². The summed E-state index contributed by atoms with van der Waals surface area (Å²) < 4.78 is 18.8. The van der Waals surface area contributed by atoms with Gasteiger partial charge in [-0.2, -0.15) is 0 Å². The van der Waals surface area contributed by atoms with E-state index in [0.717, 1.165) is 24.7 Å². The summed E-state index contributed by atoms with van der Waals surface area (Å²) >= 11 is 0. The van der Waals surface area contributed by atoms with Gasteiger partial charge < -0.3 is 19.4 Å². The highest BCUT2D eigenvalue weighted by Gasteiger charge is 2.24. The number of anilines is 2. The minimum Gasteiger partial charge on any atom is -0.378 e. The van der Waals surface area contributed by atoms with Crippen LogP contribution in [0.15, 0.2) is 36.7 Å². The summed E-state index contributed by atoms with van der Waals surface area (Å²) in [6.45, 7) is 5.58. The third-order valence-electron chi connectivity index (χ3n) is 4.94. The van der Waals surface area contributed by atoms with Crippen LogP contribution in [0.2, 0.25) is 0 Å². The maximum Gasteiger partial charge on any atom is 0.254 e. The second kappa shape index (κ2) is 7.87. The van der Waals surface area contributed by atoms with E-state index in [2.05, 4.69) is 19.8 Å². The van der Waals surface area contributed by atoms with Crippen LogP contribution in [0.5, 0.6) is 0 Å². The number of aromatic nitrogens is 2. The molecule has 2 aromatic rings. The van der Waals surface area contributed by atoms with Gasteiger partial charge in [0.15, 0.2) is 0 Å². The molecule has 4 rings (SSSR count). The molecule has 2 aliphatic heterocycles. The first-order valence-electron chi connectivity index (χ1n) is 9.15. The summed E-state index contributed by atoms with van der Waals surface area (Å²) in [6.07, 6.45) is 1.59. The molecule has 0 saturated carbocycles. The smallest absolute Gasteiger partial charge is 0.254 e. The molecule has 0 bridgehead atoms. The Morgan fingerprint density at radius 1 is 0.926 bits per heavy atom. The Morgan fingerprint density at radius 3 is 2.26 bits per heavy atom. The number of nitrogens with zero attached hydrogens (tertiary/aromatic N) is 5. The van der Waals surface area contributed by atoms with Crippen molar-refractivity contribution in [3.05, 3.63) is 48.0 Å². The molecule has 8 heteroatoms. The highest BCUT2D eigenvalue weighted by atomic mass is 19.1. The molecular formula is C19H22FN5O2. The molecule has 27 heavy (non-hydrogen) atoms. The van der Waals surface area contributed by atoms with Gasteiger partial charge >= 0.3 is 0 Å². The Bertz CT molecular complexity index is 804. The minimum absolute atomic E-state index is 0.133. The van der Waals surface area contributed by atoms with E-state index < -0.39 is 5.82 Å². The van der Waals surface area contributed by atoms with E-state index in [1.165, 1.54) is 12.1 Å². The number of hydrogen-bond acceptors (Lipinski definition) is 6. The van der Waals surface area contributed by atoms with E-state index in [-0.39, 0.29) is 5.91 Å². The fourth-order valence-electron chi connectivity index (χ4n) is 3.42. The van der Waals surface area contributed by atoms with Crippen LogP contribution < -0.4 is 9.80 Å². The van der Waals surface area contributed by atoms with Crippen molar-refractivity contribution in [2.45, 2.75) is 0 Å². The van der Waals surface area contributed by atoms with Gasteiger partial charge in [0.1, 0.15) is 23.8 Å². The SMILES string of the molecule is O=C(c1cccc(F)c1)N1CCN(c2cc(N3CCOCC3)ncn2)CC1. The van der Waals surface area contributed by atoms with Crippen LogP contribution in [0.25, 0.3) is 0 Å². The number of amides is 1. The predicted molar refractivity (Wildman–Crippen MR) is 99.6 cm³/mol. The van der Waals surface area contributed by atoms with Gasteiger partial charge in [0.2, 0.25) is 0 Å². The standard InChI is InChI=1S/C19H22FN5O2/c20-16-3-1-2-15(12-16)19(26)25-6-4-23(5-7-25)17-13-18(22-14-21-17)24-8-10-27-11-9-24/h1-3,12-14H,4-11H2. The van der Waals surface area contributed by atoms with Crippen LogP contribution in [0.1, 0.15) is 10.4 Å². The summed E-state index contributed by atoms with van der Waals surface area (Å²) in [5.74, 6) is 1.24. The normalized spacial score (nSPS) is 17.9. The van der Waals surface area contributed by atoms with E-state index in [1.807, 2.05) is 6.07 Å². The lowest BCUT2D eigenvalue weighted by Crippen LogP contribution is -2.49. The number of halogens is 1. The van der Waals surface area contributed by atoms with Crippen LogP contribution in [-0.2, 0) is 4.74 Å². The van der Waals surface area contributed by atoms with Crippen LogP contribution in [-0.4, -0.2) is 73.3 Å². The highest BCUT2D eigenvalue weighted by molar-refractivity contribution is 5.94. The second-order valence-corrected chi connectivity index (χ2v) is 6.62. The lowest BCUT2D eigenvalue weighted by atomic mass is 10.1. The van der Waals surface area contributed by atoms with Crippen molar-refractivity contribution in [2.24, 2.45) is 0 Å². The molecule has 1 amide bonds. The van der Waals surface area contributed by atoms with Crippen LogP contribution in [0.4, 0.5) is 16.0 Å². The summed E-state index contributed by atoms with van der Waals surface area (Å²) in [5.41, 5.74) is 0.389. The third kappa shape index (κ3) is 4.00. The van der Waals surface area contributed by atoms with Gasteiger partial charge in [-0.3, -0.25) is 4.79 Å². The maximum absolute atomic E-state index is 13.4. The zero-order valence-corrected chi connectivity index (χ0v) is 15.1. The molecule has 0 atom stereocenters. The lowest BCUT2D eigenvalue weighted by molar-refractivity contribution is 0.0746. The molecule has 0 unspecified atom stereocenters. The molecule has 1 aromatic carbocycles. The molecule has 0 N–H and O–H groups in total. The fourth-order valence-corrected chi connectivity index (χ4v) is 3.42. The number of carbonyl (C=O) groups excluding carboxylic acids is 1. The molecule has 1 aromatic heterocycles. The first-order chi connectivity index (χ1) is 13.2. The van der Waals surface area contributed by atoms with Crippen molar-refractivity contribution >= 4 is 17.5 Å². The van der Waals surface area contributed by atoms with Gasteiger partial charge in [0, 0.05) is 50.9 Å². The van der Waals surface area contributed by atoms with E-state index in [4.69, 9.17) is 4.74 Å². The topological polar surface area (TPSA) is 61.8 Å². The van der Waals surface area contributed by atoms with Crippen LogP contribution >= 0.6 is 0 Å². The van der Waals surface area contributed by atoms with E-state index >= 15 is 0 Å². The summed E-state index contributed by atoms with van der Waals surface area (Å²) in [5, 5.41) is 0. The Morgan fingerprint density at radius 2 is 1.59 bits per heavy atom. The van der Waals surface area contributed by atoms with Crippen molar-refractivity contribution in [3.8, 4) is 0 Å². The Hall–Kier alpha value is -2.74. The molecule has 3 heterocycles. The van der Waals surface area contributed by atoms with Crippen molar-refractivity contribution in [1.29, 1.82) is 0 Å². The average molecular weight is 371 g/mol. The number of hydrogen-bond donors (Lipinski definition) is 0. The molecule has 2 saturated heterocycles. The van der Waals surface area contributed by atoms with Gasteiger partial charge in [0.25, 0.3) is 5.91 Å².